The molecule has 1 unspecified atom stereocenters. The van der Waals surface area contributed by atoms with Gasteiger partial charge in [0.2, 0.25) is 0 Å². The lowest BCUT2D eigenvalue weighted by molar-refractivity contribution is 0.0636. The summed E-state index contributed by atoms with van der Waals surface area (Å²) in [5.74, 6) is 0. The molecule has 12 heavy (non-hydrogen) atoms. The van der Waals surface area contributed by atoms with E-state index in [1.165, 1.54) is 0 Å². The van der Waals surface area contributed by atoms with Gasteiger partial charge in [0.05, 0.1) is 0 Å². The van der Waals surface area contributed by atoms with Gasteiger partial charge in [-0.05, 0) is 26.3 Å². The van der Waals surface area contributed by atoms with Gasteiger partial charge >= 0.3 is 6.09 Å². The van der Waals surface area contributed by atoms with Crippen molar-refractivity contribution in [2.75, 3.05) is 20.1 Å². The van der Waals surface area contributed by atoms with Gasteiger partial charge in [-0.1, -0.05) is 0 Å². The zero-order chi connectivity index (χ0) is 8.97. The minimum atomic E-state index is -0.239. The second-order valence-corrected chi connectivity index (χ2v) is 2.98. The van der Waals surface area contributed by atoms with E-state index in [1.54, 1.807) is 11.9 Å². The molecule has 0 aliphatic carbocycles. The molecule has 1 aliphatic rings. The highest BCUT2D eigenvalue weighted by Gasteiger charge is 2.19. The first-order chi connectivity index (χ1) is 5.74. The summed E-state index contributed by atoms with van der Waals surface area (Å²) in [6.07, 6.45) is 1.72. The van der Waals surface area contributed by atoms with Crippen molar-refractivity contribution >= 4 is 6.09 Å². The van der Waals surface area contributed by atoms with Gasteiger partial charge < -0.3 is 9.64 Å². The van der Waals surface area contributed by atoms with Crippen molar-refractivity contribution in [1.82, 2.24) is 10.2 Å². The first-order valence-corrected chi connectivity index (χ1v) is 4.39. The van der Waals surface area contributed by atoms with Crippen LogP contribution in [0.2, 0.25) is 0 Å². The number of nitrogens with one attached hydrogen (secondary N) is 1. The average Bonchev–Trinajstić information content (AvgIpc) is 2.55. The number of hydrogen-bond acceptors (Lipinski definition) is 3. The number of carbonyl (C=O) groups excluding carboxylic acids is 1. The van der Waals surface area contributed by atoms with Gasteiger partial charge in [-0.25, -0.2) is 4.79 Å². The lowest BCUT2D eigenvalue weighted by Crippen LogP contribution is -2.34. The maximum Gasteiger partial charge on any atom is 0.411 e. The Kier molecular flexibility index (Phi) is 3.34. The van der Waals surface area contributed by atoms with E-state index >= 15 is 0 Å². The Hall–Kier alpha value is -0.770. The minimum Gasteiger partial charge on any atom is -0.430 e. The van der Waals surface area contributed by atoms with Crippen LogP contribution in [0, 0.1) is 0 Å². The van der Waals surface area contributed by atoms with Gasteiger partial charge in [0.1, 0.15) is 0 Å². The second kappa shape index (κ2) is 4.30. The van der Waals surface area contributed by atoms with Crippen LogP contribution >= 0.6 is 0 Å². The van der Waals surface area contributed by atoms with Gasteiger partial charge in [0.25, 0.3) is 0 Å². The second-order valence-electron chi connectivity index (χ2n) is 2.98. The van der Waals surface area contributed by atoms with E-state index in [2.05, 4.69) is 5.32 Å². The molecule has 70 valence electrons. The van der Waals surface area contributed by atoms with Crippen LogP contribution in [0.1, 0.15) is 19.8 Å². The minimum absolute atomic E-state index is 0.0634. The Morgan fingerprint density at radius 2 is 2.50 bits per heavy atom. The number of amides is 1. The van der Waals surface area contributed by atoms with Crippen LogP contribution in [-0.4, -0.2) is 37.4 Å². The highest BCUT2D eigenvalue weighted by atomic mass is 16.6. The predicted octanol–water partition coefficient (Wildman–Crippen LogP) is 0.784. The van der Waals surface area contributed by atoms with Crippen LogP contribution in [0.4, 0.5) is 4.79 Å². The van der Waals surface area contributed by atoms with Crippen LogP contribution in [0.15, 0.2) is 0 Å². The third-order valence-electron chi connectivity index (χ3n) is 2.04. The molecule has 4 heteroatoms. The first kappa shape index (κ1) is 9.32. The monoisotopic (exact) mass is 172 g/mol. The van der Waals surface area contributed by atoms with Gasteiger partial charge in [-0.2, -0.15) is 0 Å². The number of nitrogens with zero attached hydrogens (tertiary/aromatic N) is 1. The molecule has 0 saturated carbocycles. The molecule has 0 aromatic carbocycles. The summed E-state index contributed by atoms with van der Waals surface area (Å²) in [4.78, 5) is 12.7. The largest absolute Gasteiger partial charge is 0.430 e. The molecular weight excluding hydrogens is 156 g/mol. The van der Waals surface area contributed by atoms with Crippen LogP contribution in [0.5, 0.6) is 0 Å². The lowest BCUT2D eigenvalue weighted by atomic mass is 10.4. The van der Waals surface area contributed by atoms with Crippen molar-refractivity contribution in [3.8, 4) is 0 Å². The standard InChI is InChI=1S/C8H16N2O2/c1-3-10(2)8(11)12-7-5-4-6-9-7/h7,9H,3-6H2,1-2H3. The van der Waals surface area contributed by atoms with Crippen molar-refractivity contribution in [2.24, 2.45) is 0 Å². The smallest absolute Gasteiger partial charge is 0.411 e. The fourth-order valence-electron chi connectivity index (χ4n) is 1.09. The third kappa shape index (κ3) is 2.37. The van der Waals surface area contributed by atoms with Crippen molar-refractivity contribution in [2.45, 2.75) is 26.0 Å². The van der Waals surface area contributed by atoms with E-state index in [0.29, 0.717) is 6.54 Å². The average molecular weight is 172 g/mol. The Morgan fingerprint density at radius 3 is 3.00 bits per heavy atom. The molecule has 0 aromatic heterocycles. The van der Waals surface area contributed by atoms with Crippen LogP contribution in [0.3, 0.4) is 0 Å². The molecule has 1 fully saturated rings. The fourth-order valence-corrected chi connectivity index (χ4v) is 1.09. The predicted molar refractivity (Wildman–Crippen MR) is 45.8 cm³/mol. The van der Waals surface area contributed by atoms with E-state index < -0.39 is 0 Å². The van der Waals surface area contributed by atoms with Gasteiger partial charge in [-0.15, -0.1) is 0 Å². The zero-order valence-corrected chi connectivity index (χ0v) is 7.67. The maximum absolute atomic E-state index is 11.2. The van der Waals surface area contributed by atoms with Crippen molar-refractivity contribution in [1.29, 1.82) is 0 Å². The van der Waals surface area contributed by atoms with E-state index in [-0.39, 0.29) is 12.3 Å². The van der Waals surface area contributed by atoms with E-state index in [9.17, 15) is 4.79 Å². The van der Waals surface area contributed by atoms with Gasteiger partial charge in [-0.3, -0.25) is 5.32 Å². The highest BCUT2D eigenvalue weighted by Crippen LogP contribution is 2.07. The van der Waals surface area contributed by atoms with E-state index in [4.69, 9.17) is 4.74 Å². The summed E-state index contributed by atoms with van der Waals surface area (Å²) < 4.78 is 5.14. The first-order valence-electron chi connectivity index (χ1n) is 4.39. The van der Waals surface area contributed by atoms with Crippen molar-refractivity contribution in [3.63, 3.8) is 0 Å². The number of hydrogen-bond donors (Lipinski definition) is 1. The molecule has 4 nitrogen and oxygen atoms in total. The Labute approximate surface area is 72.9 Å². The topological polar surface area (TPSA) is 41.6 Å². The molecule has 1 rings (SSSR count). The summed E-state index contributed by atoms with van der Waals surface area (Å²) in [7, 11) is 1.73. The molecule has 0 radical (unpaired) electrons. The third-order valence-corrected chi connectivity index (χ3v) is 2.04. The fraction of sp³-hybridized carbons (Fsp3) is 0.875. The highest BCUT2D eigenvalue weighted by molar-refractivity contribution is 5.67. The SMILES string of the molecule is CCN(C)C(=O)OC1CCCN1. The zero-order valence-electron chi connectivity index (χ0n) is 7.67. The van der Waals surface area contributed by atoms with E-state index in [1.807, 2.05) is 6.92 Å². The summed E-state index contributed by atoms with van der Waals surface area (Å²) >= 11 is 0. The molecule has 1 aliphatic heterocycles. The Balaban J connectivity index is 2.25. The molecule has 0 spiro atoms. The normalized spacial score (nSPS) is 22.3. The molecule has 1 amide bonds. The van der Waals surface area contributed by atoms with Gasteiger partial charge in [0.15, 0.2) is 6.23 Å². The maximum atomic E-state index is 11.2. The molecule has 1 atom stereocenters. The number of carbonyl (C=O) groups is 1. The molecule has 1 heterocycles. The number of rotatable bonds is 2. The lowest BCUT2D eigenvalue weighted by Gasteiger charge is -2.18. The molecule has 0 aromatic rings. The summed E-state index contributed by atoms with van der Waals surface area (Å²) in [6, 6.07) is 0. The van der Waals surface area contributed by atoms with Crippen molar-refractivity contribution < 1.29 is 9.53 Å². The summed E-state index contributed by atoms with van der Waals surface area (Å²) in [5.41, 5.74) is 0. The Morgan fingerprint density at radius 1 is 1.75 bits per heavy atom. The summed E-state index contributed by atoms with van der Waals surface area (Å²) in [6.45, 7) is 3.56. The van der Waals surface area contributed by atoms with Crippen LogP contribution in [0.25, 0.3) is 0 Å². The van der Waals surface area contributed by atoms with E-state index in [0.717, 1.165) is 19.4 Å². The molecule has 0 bridgehead atoms. The number of ether oxygens (including phenoxy) is 1. The Bertz CT molecular complexity index is 155. The quantitative estimate of drug-likeness (QED) is 0.669. The van der Waals surface area contributed by atoms with Crippen molar-refractivity contribution in [3.05, 3.63) is 0 Å². The molecule has 1 saturated heterocycles. The molecule has 1 N–H and O–H groups in total. The van der Waals surface area contributed by atoms with Crippen LogP contribution in [-0.2, 0) is 4.74 Å². The molecular formula is C8H16N2O2. The van der Waals surface area contributed by atoms with Crippen LogP contribution < -0.4 is 5.32 Å². The van der Waals surface area contributed by atoms with Gasteiger partial charge in [0, 0.05) is 13.6 Å². The summed E-state index contributed by atoms with van der Waals surface area (Å²) in [5, 5.41) is 3.10.